The Kier molecular flexibility index (Phi) is 4.94. The Labute approximate surface area is 125 Å². The molecule has 1 heterocycles. The minimum atomic E-state index is -0.225. The molecule has 2 rings (SSSR count). The Balaban J connectivity index is 1.96. The average molecular weight is 295 g/mol. The number of nitrogens with zero attached hydrogens (tertiary/aromatic N) is 1. The second-order valence-corrected chi connectivity index (χ2v) is 5.97. The van der Waals surface area contributed by atoms with Gasteiger partial charge in [-0.25, -0.2) is 9.40 Å². The van der Waals surface area contributed by atoms with Gasteiger partial charge in [0.2, 0.25) is 0 Å². The van der Waals surface area contributed by atoms with Gasteiger partial charge in [-0.05, 0) is 63.5 Å². The Bertz CT molecular complexity index is 482. The lowest BCUT2D eigenvalue weighted by Gasteiger charge is -2.39. The largest absolute Gasteiger partial charge is 0.332 e. The Morgan fingerprint density at radius 2 is 1.95 bits per heavy atom. The summed E-state index contributed by atoms with van der Waals surface area (Å²) in [5, 5.41) is 5.73. The fourth-order valence-electron chi connectivity index (χ4n) is 2.59. The van der Waals surface area contributed by atoms with Gasteiger partial charge in [-0.2, -0.15) is 0 Å². The van der Waals surface area contributed by atoms with Gasteiger partial charge in [0, 0.05) is 17.8 Å². The molecular weight excluding hydrogens is 273 g/mol. The van der Waals surface area contributed by atoms with Crippen LogP contribution in [0, 0.1) is 12.7 Å². The van der Waals surface area contributed by atoms with Crippen molar-refractivity contribution in [2.45, 2.75) is 52.1 Å². The maximum Gasteiger partial charge on any atom is 0.185 e. The Hall–Kier alpha value is -1.20. The summed E-state index contributed by atoms with van der Waals surface area (Å²) in [6, 6.07) is 5.94. The van der Waals surface area contributed by atoms with E-state index in [4.69, 9.17) is 12.2 Å². The predicted molar refractivity (Wildman–Crippen MR) is 85.1 cm³/mol. The molecule has 0 bridgehead atoms. The van der Waals surface area contributed by atoms with E-state index in [0.29, 0.717) is 28.4 Å². The van der Waals surface area contributed by atoms with Gasteiger partial charge >= 0.3 is 0 Å². The van der Waals surface area contributed by atoms with Crippen LogP contribution in [0.3, 0.4) is 0 Å². The first kappa shape index (κ1) is 15.2. The van der Waals surface area contributed by atoms with Crippen molar-refractivity contribution >= 4 is 23.0 Å². The predicted octanol–water partition coefficient (Wildman–Crippen LogP) is 3.60. The molecule has 1 fully saturated rings. The van der Waals surface area contributed by atoms with Gasteiger partial charge in [-0.3, -0.25) is 5.43 Å². The quantitative estimate of drug-likeness (QED) is 0.815. The molecule has 3 nitrogen and oxygen atoms in total. The minimum Gasteiger partial charge on any atom is -0.332 e. The van der Waals surface area contributed by atoms with Crippen molar-refractivity contribution in [2.24, 2.45) is 0 Å². The summed E-state index contributed by atoms with van der Waals surface area (Å²) in [7, 11) is 0. The number of rotatable bonds is 2. The van der Waals surface area contributed by atoms with Gasteiger partial charge in [0.05, 0.1) is 0 Å². The zero-order valence-corrected chi connectivity index (χ0v) is 13.1. The van der Waals surface area contributed by atoms with Crippen LogP contribution in [0.5, 0.6) is 0 Å². The lowest BCUT2D eigenvalue weighted by atomic mass is 10.00. The van der Waals surface area contributed by atoms with Gasteiger partial charge in [0.25, 0.3) is 0 Å². The summed E-state index contributed by atoms with van der Waals surface area (Å²) in [6.07, 6.45) is 3.59. The molecule has 1 aromatic carbocycles. The minimum absolute atomic E-state index is 0.225. The highest BCUT2D eigenvalue weighted by molar-refractivity contribution is 7.80. The number of nitrogens with one attached hydrogen (secondary N) is 2. The molecule has 2 N–H and O–H groups in total. The van der Waals surface area contributed by atoms with E-state index < -0.39 is 0 Å². The SMILES string of the molecule is Cc1ccc(NC(=S)NN2[C@H](C)CCC[C@H]2C)cc1F. The second kappa shape index (κ2) is 6.50. The smallest absolute Gasteiger partial charge is 0.185 e. The summed E-state index contributed by atoms with van der Waals surface area (Å²) >= 11 is 5.31. The normalized spacial score (nSPS) is 23.4. The Morgan fingerprint density at radius 3 is 2.55 bits per heavy atom. The standard InChI is InChI=1S/C15H22FN3S/c1-10-7-8-13(9-14(10)16)17-15(20)18-19-11(2)5-4-6-12(19)3/h7-9,11-12H,4-6H2,1-3H3,(H2,17,18,20)/t11-,12-/m1/s1. The molecule has 1 aromatic rings. The molecule has 110 valence electrons. The van der Waals surface area contributed by atoms with Crippen molar-refractivity contribution in [3.8, 4) is 0 Å². The van der Waals surface area contributed by atoms with Crippen molar-refractivity contribution < 1.29 is 4.39 Å². The monoisotopic (exact) mass is 295 g/mol. The molecule has 0 aromatic heterocycles. The van der Waals surface area contributed by atoms with E-state index in [1.165, 1.54) is 25.3 Å². The summed E-state index contributed by atoms with van der Waals surface area (Å²) < 4.78 is 13.5. The zero-order chi connectivity index (χ0) is 14.7. The highest BCUT2D eigenvalue weighted by atomic mass is 32.1. The summed E-state index contributed by atoms with van der Waals surface area (Å²) in [4.78, 5) is 0. The van der Waals surface area contributed by atoms with E-state index in [2.05, 4.69) is 29.6 Å². The first-order chi connectivity index (χ1) is 9.47. The van der Waals surface area contributed by atoms with Crippen LogP contribution < -0.4 is 10.7 Å². The summed E-state index contributed by atoms with van der Waals surface area (Å²) in [5.41, 5.74) is 4.53. The van der Waals surface area contributed by atoms with Crippen LogP contribution in [-0.2, 0) is 0 Å². The summed E-state index contributed by atoms with van der Waals surface area (Å²) in [5.74, 6) is -0.225. The maximum atomic E-state index is 13.5. The van der Waals surface area contributed by atoms with Crippen LogP contribution in [0.15, 0.2) is 18.2 Å². The second-order valence-electron chi connectivity index (χ2n) is 5.57. The fraction of sp³-hybridized carbons (Fsp3) is 0.533. The van der Waals surface area contributed by atoms with Crippen LogP contribution >= 0.6 is 12.2 Å². The molecule has 5 heteroatoms. The highest BCUT2D eigenvalue weighted by Gasteiger charge is 2.25. The van der Waals surface area contributed by atoms with E-state index in [0.717, 1.165) is 0 Å². The highest BCUT2D eigenvalue weighted by Crippen LogP contribution is 2.20. The number of anilines is 1. The van der Waals surface area contributed by atoms with Gasteiger partial charge in [0.15, 0.2) is 5.11 Å². The fourth-order valence-corrected chi connectivity index (χ4v) is 2.81. The maximum absolute atomic E-state index is 13.5. The Morgan fingerprint density at radius 1 is 1.30 bits per heavy atom. The van der Waals surface area contributed by atoms with E-state index in [1.54, 1.807) is 13.0 Å². The van der Waals surface area contributed by atoms with Gasteiger partial charge < -0.3 is 5.32 Å². The number of hydrogen-bond donors (Lipinski definition) is 2. The van der Waals surface area contributed by atoms with Crippen molar-refractivity contribution in [3.63, 3.8) is 0 Å². The molecule has 1 aliphatic heterocycles. The van der Waals surface area contributed by atoms with Gasteiger partial charge in [-0.15, -0.1) is 0 Å². The third-order valence-corrected chi connectivity index (χ3v) is 4.05. The lowest BCUT2D eigenvalue weighted by Crippen LogP contribution is -2.55. The van der Waals surface area contributed by atoms with Crippen LogP contribution in [0.25, 0.3) is 0 Å². The number of thiocarbonyl (C=S) groups is 1. The lowest BCUT2D eigenvalue weighted by molar-refractivity contribution is 0.0750. The topological polar surface area (TPSA) is 27.3 Å². The number of halogens is 1. The van der Waals surface area contributed by atoms with E-state index in [9.17, 15) is 4.39 Å². The van der Waals surface area contributed by atoms with Crippen LogP contribution in [-0.4, -0.2) is 22.2 Å². The van der Waals surface area contributed by atoms with Crippen molar-refractivity contribution in [1.82, 2.24) is 10.4 Å². The molecule has 1 aliphatic rings. The summed E-state index contributed by atoms with van der Waals surface area (Å²) in [6.45, 7) is 6.13. The molecule has 1 saturated heterocycles. The molecular formula is C15H22FN3S. The van der Waals surface area contributed by atoms with Crippen molar-refractivity contribution in [1.29, 1.82) is 0 Å². The number of piperidine rings is 1. The van der Waals surface area contributed by atoms with Crippen LogP contribution in [0.2, 0.25) is 0 Å². The third kappa shape index (κ3) is 3.67. The van der Waals surface area contributed by atoms with Gasteiger partial charge in [0.1, 0.15) is 5.82 Å². The number of aryl methyl sites for hydroxylation is 1. The van der Waals surface area contributed by atoms with Crippen LogP contribution in [0.1, 0.15) is 38.7 Å². The molecule has 0 spiro atoms. The van der Waals surface area contributed by atoms with E-state index in [1.807, 2.05) is 6.07 Å². The van der Waals surface area contributed by atoms with Crippen molar-refractivity contribution in [2.75, 3.05) is 5.32 Å². The van der Waals surface area contributed by atoms with Gasteiger partial charge in [-0.1, -0.05) is 12.5 Å². The number of benzene rings is 1. The first-order valence-corrected chi connectivity index (χ1v) is 7.50. The molecule has 0 amide bonds. The first-order valence-electron chi connectivity index (χ1n) is 7.09. The molecule has 20 heavy (non-hydrogen) atoms. The third-order valence-electron chi connectivity index (χ3n) is 3.85. The van der Waals surface area contributed by atoms with E-state index in [-0.39, 0.29) is 5.82 Å². The number of hydrazine groups is 1. The van der Waals surface area contributed by atoms with Crippen LogP contribution in [0.4, 0.5) is 10.1 Å². The molecule has 0 unspecified atom stereocenters. The van der Waals surface area contributed by atoms with E-state index >= 15 is 0 Å². The van der Waals surface area contributed by atoms with Crippen molar-refractivity contribution in [3.05, 3.63) is 29.6 Å². The molecule has 0 radical (unpaired) electrons. The molecule has 0 saturated carbocycles. The molecule has 2 atom stereocenters. The number of hydrogen-bond acceptors (Lipinski definition) is 2. The zero-order valence-electron chi connectivity index (χ0n) is 12.2. The molecule has 0 aliphatic carbocycles. The average Bonchev–Trinajstić information content (AvgIpc) is 2.38.